The molecule has 25 heavy (non-hydrogen) atoms. The molecule has 0 atom stereocenters. The Bertz CT molecular complexity index is 754. The molecular weight excluding hydrogens is 348 g/mol. The van der Waals surface area contributed by atoms with E-state index in [1.54, 1.807) is 13.0 Å². The second-order valence-electron chi connectivity index (χ2n) is 5.47. The summed E-state index contributed by atoms with van der Waals surface area (Å²) in [6.07, 6.45) is -7.42. The molecule has 0 saturated heterocycles. The van der Waals surface area contributed by atoms with Crippen LogP contribution in [-0.4, -0.2) is 17.0 Å². The van der Waals surface area contributed by atoms with Crippen molar-refractivity contribution in [1.29, 1.82) is 0 Å². The topological polar surface area (TPSA) is 29.3 Å². The van der Waals surface area contributed by atoms with Gasteiger partial charge < -0.3 is 4.57 Å². The quantitative estimate of drug-likeness (QED) is 0.455. The van der Waals surface area contributed by atoms with Crippen molar-refractivity contribution in [3.63, 3.8) is 0 Å². The van der Waals surface area contributed by atoms with E-state index in [4.69, 9.17) is 0 Å². The maximum Gasteiger partial charge on any atom is 0.416 e. The van der Waals surface area contributed by atoms with E-state index in [1.165, 1.54) is 25.3 Å². The van der Waals surface area contributed by atoms with Gasteiger partial charge in [0.15, 0.2) is 0 Å². The lowest BCUT2D eigenvalue weighted by atomic mass is 10.2. The lowest BCUT2D eigenvalue weighted by Gasteiger charge is -2.12. The van der Waals surface area contributed by atoms with Gasteiger partial charge >= 0.3 is 12.4 Å². The molecule has 0 spiro atoms. The lowest BCUT2D eigenvalue weighted by Crippen LogP contribution is -2.19. The van der Waals surface area contributed by atoms with Gasteiger partial charge in [0.25, 0.3) is 0 Å². The van der Waals surface area contributed by atoms with Crippen LogP contribution < -0.4 is 5.43 Å². The summed E-state index contributed by atoms with van der Waals surface area (Å²) in [7, 11) is 0. The fourth-order valence-corrected chi connectivity index (χ4v) is 2.29. The molecule has 0 aliphatic carbocycles. The van der Waals surface area contributed by atoms with Crippen molar-refractivity contribution in [2.75, 3.05) is 5.43 Å². The second kappa shape index (κ2) is 6.81. The third-order valence-corrected chi connectivity index (χ3v) is 3.56. The van der Waals surface area contributed by atoms with Crippen LogP contribution in [0.4, 0.5) is 32.0 Å². The summed E-state index contributed by atoms with van der Waals surface area (Å²) in [6, 6.07) is 5.80. The highest BCUT2D eigenvalue weighted by Gasteiger charge is 2.30. The van der Waals surface area contributed by atoms with Gasteiger partial charge in [0.1, 0.15) is 6.54 Å². The van der Waals surface area contributed by atoms with E-state index in [0.29, 0.717) is 22.6 Å². The number of aryl methyl sites for hydroxylation is 1. The maximum absolute atomic E-state index is 12.6. The van der Waals surface area contributed by atoms with Crippen molar-refractivity contribution >= 4 is 11.9 Å². The van der Waals surface area contributed by atoms with Crippen LogP contribution >= 0.6 is 0 Å². The van der Waals surface area contributed by atoms with E-state index in [9.17, 15) is 26.3 Å². The minimum Gasteiger partial charge on any atom is -0.339 e. The Morgan fingerprint density at radius 3 is 2.16 bits per heavy atom. The Labute approximate surface area is 140 Å². The van der Waals surface area contributed by atoms with E-state index in [0.717, 1.165) is 16.7 Å². The van der Waals surface area contributed by atoms with Gasteiger partial charge in [-0.1, -0.05) is 0 Å². The van der Waals surface area contributed by atoms with Crippen LogP contribution in [0.25, 0.3) is 0 Å². The minimum atomic E-state index is -4.42. The monoisotopic (exact) mass is 363 g/mol. The van der Waals surface area contributed by atoms with E-state index in [2.05, 4.69) is 10.5 Å². The van der Waals surface area contributed by atoms with Crippen molar-refractivity contribution in [1.82, 2.24) is 4.57 Å². The molecule has 0 bridgehead atoms. The Balaban J connectivity index is 2.09. The molecule has 0 fully saturated rings. The number of halogens is 6. The number of nitrogens with zero attached hydrogens (tertiary/aromatic N) is 2. The fraction of sp³-hybridized carbons (Fsp3) is 0.312. The van der Waals surface area contributed by atoms with Gasteiger partial charge in [0.2, 0.25) is 0 Å². The first-order valence-electron chi connectivity index (χ1n) is 7.17. The van der Waals surface area contributed by atoms with Gasteiger partial charge in [0, 0.05) is 17.0 Å². The van der Waals surface area contributed by atoms with Crippen LogP contribution in [0, 0.1) is 13.8 Å². The standard InChI is InChI=1S/C16H15F6N3/c1-10-7-12(11(2)25(10)9-15(17,18)19)8-23-24-14-5-3-13(4-6-14)16(20,21)22/h3-8,24H,9H2,1-2H3. The normalized spacial score (nSPS) is 12.8. The summed E-state index contributed by atoms with van der Waals surface area (Å²) in [5, 5.41) is 3.86. The van der Waals surface area contributed by atoms with Crippen molar-refractivity contribution in [2.45, 2.75) is 32.7 Å². The summed E-state index contributed by atoms with van der Waals surface area (Å²) in [6.45, 7) is 2.00. The molecule has 0 saturated carbocycles. The molecule has 1 N–H and O–H groups in total. The second-order valence-corrected chi connectivity index (χ2v) is 5.47. The SMILES string of the molecule is Cc1cc(C=NNc2ccc(C(F)(F)F)cc2)c(C)n1CC(F)(F)F. The third-order valence-electron chi connectivity index (χ3n) is 3.56. The van der Waals surface area contributed by atoms with Gasteiger partial charge in [0.05, 0.1) is 17.5 Å². The highest BCUT2D eigenvalue weighted by molar-refractivity contribution is 5.82. The average Bonchev–Trinajstić information content (AvgIpc) is 2.73. The smallest absolute Gasteiger partial charge is 0.339 e. The van der Waals surface area contributed by atoms with Crippen molar-refractivity contribution in [3.05, 3.63) is 52.8 Å². The predicted molar refractivity (Wildman–Crippen MR) is 82.6 cm³/mol. The summed E-state index contributed by atoms with van der Waals surface area (Å²) >= 11 is 0. The molecule has 0 aliphatic heterocycles. The molecule has 0 radical (unpaired) electrons. The molecule has 9 heteroatoms. The first kappa shape index (κ1) is 18.9. The molecule has 136 valence electrons. The first-order chi connectivity index (χ1) is 11.5. The predicted octanol–water partition coefficient (Wildman–Crippen LogP) is 5.13. The summed E-state index contributed by atoms with van der Waals surface area (Å²) in [5.74, 6) is 0. The van der Waals surface area contributed by atoms with Crippen molar-refractivity contribution in [2.24, 2.45) is 5.10 Å². The van der Waals surface area contributed by atoms with Crippen LogP contribution in [0.5, 0.6) is 0 Å². The van der Waals surface area contributed by atoms with Gasteiger partial charge in [-0.15, -0.1) is 0 Å². The minimum absolute atomic E-state index is 0.327. The molecule has 1 heterocycles. The van der Waals surface area contributed by atoms with Gasteiger partial charge in [-0.2, -0.15) is 31.4 Å². The summed E-state index contributed by atoms with van der Waals surface area (Å²) in [4.78, 5) is 0. The third kappa shape index (κ3) is 5.01. The zero-order chi connectivity index (χ0) is 18.8. The molecular formula is C16H15F6N3. The fourth-order valence-electron chi connectivity index (χ4n) is 2.29. The summed E-state index contributed by atoms with van der Waals surface area (Å²) in [5.41, 5.74) is 3.41. The lowest BCUT2D eigenvalue weighted by molar-refractivity contribution is -0.141. The number of anilines is 1. The average molecular weight is 363 g/mol. The largest absolute Gasteiger partial charge is 0.416 e. The van der Waals surface area contributed by atoms with E-state index in [1.807, 2.05) is 0 Å². The number of aromatic nitrogens is 1. The molecule has 2 aromatic rings. The molecule has 0 unspecified atom stereocenters. The van der Waals surface area contributed by atoms with Gasteiger partial charge in [-0.05, 0) is 44.2 Å². The zero-order valence-electron chi connectivity index (χ0n) is 13.3. The van der Waals surface area contributed by atoms with E-state index >= 15 is 0 Å². The number of rotatable bonds is 4. The number of benzene rings is 1. The van der Waals surface area contributed by atoms with Crippen LogP contribution in [-0.2, 0) is 12.7 Å². The first-order valence-corrected chi connectivity index (χ1v) is 7.17. The molecule has 2 rings (SSSR count). The van der Waals surface area contributed by atoms with Crippen molar-refractivity contribution < 1.29 is 26.3 Å². The molecule has 0 aliphatic rings. The van der Waals surface area contributed by atoms with Crippen molar-refractivity contribution in [3.8, 4) is 0 Å². The van der Waals surface area contributed by atoms with E-state index < -0.39 is 24.5 Å². The van der Waals surface area contributed by atoms with Crippen LogP contribution in [0.3, 0.4) is 0 Å². The van der Waals surface area contributed by atoms with Crippen LogP contribution in [0.2, 0.25) is 0 Å². The Morgan fingerprint density at radius 2 is 1.64 bits per heavy atom. The molecule has 0 amide bonds. The highest BCUT2D eigenvalue weighted by Crippen LogP contribution is 2.29. The Morgan fingerprint density at radius 1 is 1.04 bits per heavy atom. The molecule has 1 aromatic carbocycles. The number of hydrazone groups is 1. The number of nitrogens with one attached hydrogen (secondary N) is 1. The molecule has 1 aromatic heterocycles. The summed E-state index contributed by atoms with van der Waals surface area (Å²) < 4.78 is 76.2. The zero-order valence-corrected chi connectivity index (χ0v) is 13.3. The molecule has 3 nitrogen and oxygen atoms in total. The van der Waals surface area contributed by atoms with Gasteiger partial charge in [-0.25, -0.2) is 0 Å². The Kier molecular flexibility index (Phi) is 5.15. The maximum atomic E-state index is 12.6. The van der Waals surface area contributed by atoms with Gasteiger partial charge in [-0.3, -0.25) is 5.43 Å². The highest BCUT2D eigenvalue weighted by atomic mass is 19.4. The number of hydrogen-bond acceptors (Lipinski definition) is 2. The van der Waals surface area contributed by atoms with Crippen LogP contribution in [0.15, 0.2) is 35.4 Å². The van der Waals surface area contributed by atoms with Crippen LogP contribution in [0.1, 0.15) is 22.5 Å². The Hall–Kier alpha value is -2.45. The number of hydrogen-bond donors (Lipinski definition) is 1. The van der Waals surface area contributed by atoms with E-state index in [-0.39, 0.29) is 0 Å². The number of alkyl halides is 6.